The molecule has 1 amide bonds. The number of nitrogens with zero attached hydrogens (tertiary/aromatic N) is 2. The molecule has 8 aliphatic rings. The molecule has 8 fully saturated rings. The summed E-state index contributed by atoms with van der Waals surface area (Å²) in [4.78, 5) is 18.2. The van der Waals surface area contributed by atoms with Crippen LogP contribution < -0.4 is 5.32 Å². The van der Waals surface area contributed by atoms with Crippen LogP contribution in [0.5, 0.6) is 0 Å². The first-order valence-electron chi connectivity index (χ1n) is 12.8. The van der Waals surface area contributed by atoms with E-state index in [0.29, 0.717) is 24.5 Å². The normalized spacial score (nSPS) is 47.1. The minimum absolute atomic E-state index is 0.0459. The zero-order valence-electron chi connectivity index (χ0n) is 19.1. The lowest BCUT2D eigenvalue weighted by Crippen LogP contribution is -2.70. The molecule has 168 valence electrons. The number of piperazine rings is 1. The summed E-state index contributed by atoms with van der Waals surface area (Å²) in [6.45, 7) is 9.40. The highest BCUT2D eigenvalue weighted by atomic mass is 16.5. The molecule has 5 heteroatoms. The van der Waals surface area contributed by atoms with Crippen molar-refractivity contribution in [2.75, 3.05) is 32.8 Å². The molecule has 0 radical (unpaired) electrons. The van der Waals surface area contributed by atoms with Crippen LogP contribution in [0, 0.1) is 23.7 Å². The molecule has 3 unspecified atom stereocenters. The van der Waals surface area contributed by atoms with E-state index in [2.05, 4.69) is 29.0 Å². The van der Waals surface area contributed by atoms with Crippen LogP contribution in [-0.2, 0) is 9.53 Å². The van der Waals surface area contributed by atoms with Crippen molar-refractivity contribution in [1.29, 1.82) is 0 Å². The molecule has 4 aliphatic carbocycles. The topological polar surface area (TPSA) is 44.8 Å². The maximum Gasteiger partial charge on any atom is 0.234 e. The number of fused-ring (bicyclic) bond motifs is 2. The van der Waals surface area contributed by atoms with Gasteiger partial charge in [-0.3, -0.25) is 14.6 Å². The van der Waals surface area contributed by atoms with E-state index < -0.39 is 0 Å². The van der Waals surface area contributed by atoms with Gasteiger partial charge in [0.15, 0.2) is 0 Å². The van der Waals surface area contributed by atoms with Crippen LogP contribution in [0.3, 0.4) is 0 Å². The van der Waals surface area contributed by atoms with Gasteiger partial charge >= 0.3 is 0 Å². The van der Waals surface area contributed by atoms with E-state index in [0.717, 1.165) is 43.4 Å². The lowest BCUT2D eigenvalue weighted by molar-refractivity contribution is -0.134. The Morgan fingerprint density at radius 2 is 1.60 bits per heavy atom. The van der Waals surface area contributed by atoms with E-state index in [1.165, 1.54) is 64.3 Å². The van der Waals surface area contributed by atoms with Crippen LogP contribution >= 0.6 is 0 Å². The molecule has 30 heavy (non-hydrogen) atoms. The molecule has 5 nitrogen and oxygen atoms in total. The summed E-state index contributed by atoms with van der Waals surface area (Å²) < 4.78 is 5.91. The quantitative estimate of drug-likeness (QED) is 0.750. The van der Waals surface area contributed by atoms with Crippen molar-refractivity contribution in [3.05, 3.63) is 0 Å². The Hall–Kier alpha value is -0.650. The lowest BCUT2D eigenvalue weighted by atomic mass is 9.53. The molecule has 3 atom stereocenters. The number of rotatable bonds is 5. The van der Waals surface area contributed by atoms with Gasteiger partial charge in [-0.2, -0.15) is 0 Å². The highest BCUT2D eigenvalue weighted by Crippen LogP contribution is 2.55. The van der Waals surface area contributed by atoms with Crippen molar-refractivity contribution >= 4 is 5.91 Å². The third kappa shape index (κ3) is 3.73. The summed E-state index contributed by atoms with van der Waals surface area (Å²) in [5, 5.41) is 3.58. The fraction of sp³-hybridized carbons (Fsp3) is 0.960. The largest absolute Gasteiger partial charge is 0.376 e. The van der Waals surface area contributed by atoms with Gasteiger partial charge in [0.05, 0.1) is 12.1 Å². The molecule has 4 saturated heterocycles. The summed E-state index contributed by atoms with van der Waals surface area (Å²) in [5.74, 6) is 3.75. The predicted molar refractivity (Wildman–Crippen MR) is 117 cm³/mol. The van der Waals surface area contributed by atoms with Crippen LogP contribution in [0.2, 0.25) is 0 Å². The number of nitrogens with one attached hydrogen (secondary N) is 1. The Labute approximate surface area is 182 Å². The fourth-order valence-electron chi connectivity index (χ4n) is 8.82. The monoisotopic (exact) mass is 415 g/mol. The Balaban J connectivity index is 0.998. The van der Waals surface area contributed by atoms with E-state index in [-0.39, 0.29) is 11.1 Å². The summed E-state index contributed by atoms with van der Waals surface area (Å²) in [6.07, 6.45) is 11.8. The SMILES string of the molecule is CC1(C)CC(CN2C3CC2CN(CC(=O)NC24CC5CC(CC(C5)C2)C4)C3)CCO1. The first-order valence-corrected chi connectivity index (χ1v) is 12.8. The molecule has 4 heterocycles. The number of piperidine rings is 1. The summed E-state index contributed by atoms with van der Waals surface area (Å²) in [5.41, 5.74) is 0.205. The van der Waals surface area contributed by atoms with Gasteiger partial charge in [0.25, 0.3) is 0 Å². The molecular formula is C25H41N3O2. The second-order valence-electron chi connectivity index (χ2n) is 12.6. The van der Waals surface area contributed by atoms with Gasteiger partial charge in [0.1, 0.15) is 0 Å². The number of amides is 1. The Kier molecular flexibility index (Phi) is 4.78. The lowest BCUT2D eigenvalue weighted by Gasteiger charge is -2.58. The smallest absolute Gasteiger partial charge is 0.234 e. The average Bonchev–Trinajstić information content (AvgIpc) is 2.63. The van der Waals surface area contributed by atoms with Crippen LogP contribution in [0.4, 0.5) is 0 Å². The second kappa shape index (κ2) is 7.18. The molecule has 6 bridgehead atoms. The summed E-state index contributed by atoms with van der Waals surface area (Å²) >= 11 is 0. The zero-order chi connectivity index (χ0) is 20.5. The molecule has 0 aromatic carbocycles. The zero-order valence-corrected chi connectivity index (χ0v) is 19.1. The van der Waals surface area contributed by atoms with Crippen molar-refractivity contribution in [2.24, 2.45) is 23.7 Å². The van der Waals surface area contributed by atoms with Gasteiger partial charge < -0.3 is 10.1 Å². The summed E-state index contributed by atoms with van der Waals surface area (Å²) in [6, 6.07) is 1.34. The fourth-order valence-corrected chi connectivity index (χ4v) is 8.82. The van der Waals surface area contributed by atoms with Gasteiger partial charge in [-0.1, -0.05) is 0 Å². The van der Waals surface area contributed by atoms with Crippen LogP contribution in [0.25, 0.3) is 0 Å². The highest BCUT2D eigenvalue weighted by Gasteiger charge is 2.52. The van der Waals surface area contributed by atoms with Crippen molar-refractivity contribution in [2.45, 2.75) is 94.9 Å². The number of ether oxygens (including phenoxy) is 1. The van der Waals surface area contributed by atoms with Crippen molar-refractivity contribution in [1.82, 2.24) is 15.1 Å². The number of hydrogen-bond donors (Lipinski definition) is 1. The third-order valence-corrected chi connectivity index (χ3v) is 9.50. The van der Waals surface area contributed by atoms with Crippen LogP contribution in [0.1, 0.15) is 71.6 Å². The van der Waals surface area contributed by atoms with Crippen molar-refractivity contribution in [3.63, 3.8) is 0 Å². The second-order valence-corrected chi connectivity index (χ2v) is 12.6. The van der Waals surface area contributed by atoms with Gasteiger partial charge in [-0.05, 0) is 95.3 Å². The summed E-state index contributed by atoms with van der Waals surface area (Å²) in [7, 11) is 0. The average molecular weight is 416 g/mol. The van der Waals surface area contributed by atoms with Gasteiger partial charge in [0, 0.05) is 43.9 Å². The maximum atomic E-state index is 13.0. The third-order valence-electron chi connectivity index (χ3n) is 9.50. The number of carbonyl (C=O) groups excluding carboxylic acids is 1. The van der Waals surface area contributed by atoms with E-state index in [9.17, 15) is 4.79 Å². The van der Waals surface area contributed by atoms with Crippen molar-refractivity contribution < 1.29 is 9.53 Å². The standard InChI is InChI=1S/C25H41N3O2/c1-24(2)9-17(3-4-30-24)13-28-21-8-22(28)15-27(14-21)16-23(29)26-25-10-18-5-19(11-25)7-20(6-18)12-25/h17-22H,3-16H2,1-2H3,(H,26,29). The van der Waals surface area contributed by atoms with Crippen LogP contribution in [-0.4, -0.2) is 71.7 Å². The van der Waals surface area contributed by atoms with Gasteiger partial charge in [-0.25, -0.2) is 0 Å². The van der Waals surface area contributed by atoms with Gasteiger partial charge in [-0.15, -0.1) is 0 Å². The van der Waals surface area contributed by atoms with Crippen LogP contribution in [0.15, 0.2) is 0 Å². The molecule has 4 saturated carbocycles. The molecule has 0 spiro atoms. The number of hydrogen-bond acceptors (Lipinski definition) is 4. The first kappa shape index (κ1) is 20.0. The Bertz CT molecular complexity index is 645. The molecule has 1 N–H and O–H groups in total. The van der Waals surface area contributed by atoms with E-state index in [1.807, 2.05) is 0 Å². The molecule has 0 aromatic heterocycles. The van der Waals surface area contributed by atoms with E-state index >= 15 is 0 Å². The minimum Gasteiger partial charge on any atom is -0.376 e. The molecule has 4 aliphatic heterocycles. The maximum absolute atomic E-state index is 13.0. The molecule has 8 rings (SSSR count). The van der Waals surface area contributed by atoms with E-state index in [4.69, 9.17) is 4.74 Å². The Morgan fingerprint density at radius 1 is 0.967 bits per heavy atom. The number of carbonyl (C=O) groups is 1. The van der Waals surface area contributed by atoms with Gasteiger partial charge in [0.2, 0.25) is 5.91 Å². The van der Waals surface area contributed by atoms with Crippen molar-refractivity contribution in [3.8, 4) is 0 Å². The minimum atomic E-state index is 0.0459. The predicted octanol–water partition coefficient (Wildman–Crippen LogP) is 3.04. The molecular weight excluding hydrogens is 374 g/mol. The highest BCUT2D eigenvalue weighted by molar-refractivity contribution is 5.79. The van der Waals surface area contributed by atoms with E-state index in [1.54, 1.807) is 0 Å². The first-order chi connectivity index (χ1) is 14.3. The Morgan fingerprint density at radius 3 is 2.20 bits per heavy atom. The molecule has 0 aromatic rings.